The van der Waals surface area contributed by atoms with Crippen molar-refractivity contribution >= 4 is 23.5 Å². The van der Waals surface area contributed by atoms with Crippen LogP contribution in [0.15, 0.2) is 24.3 Å². The van der Waals surface area contributed by atoms with Gasteiger partial charge in [-0.15, -0.1) is 0 Å². The summed E-state index contributed by atoms with van der Waals surface area (Å²) < 4.78 is 4.95. The lowest BCUT2D eigenvalue weighted by Gasteiger charge is -2.16. The summed E-state index contributed by atoms with van der Waals surface area (Å²) in [6.07, 6.45) is 1.63. The smallest absolute Gasteiger partial charge is 0.340 e. The molecule has 6 nitrogen and oxygen atoms in total. The molecule has 1 rings (SSSR count). The summed E-state index contributed by atoms with van der Waals surface area (Å²) in [6.45, 7) is 4.63. The Kier molecular flexibility index (Phi) is 7.80. The Morgan fingerprint density at radius 3 is 2.52 bits per heavy atom. The average molecular weight is 320 g/mol. The zero-order valence-electron chi connectivity index (χ0n) is 13.9. The number of nitrogens with zero attached hydrogens (tertiary/aromatic N) is 1. The van der Waals surface area contributed by atoms with Crippen molar-refractivity contribution in [3.05, 3.63) is 29.8 Å². The summed E-state index contributed by atoms with van der Waals surface area (Å²) in [5, 5.41) is 2.60. The lowest BCUT2D eigenvalue weighted by Crippen LogP contribution is -2.31. The van der Waals surface area contributed by atoms with E-state index in [0.717, 1.165) is 12.8 Å². The van der Waals surface area contributed by atoms with Crippen molar-refractivity contribution in [2.75, 3.05) is 25.5 Å². The first-order valence-electron chi connectivity index (χ1n) is 7.79. The normalized spacial score (nSPS) is 10.0. The van der Waals surface area contributed by atoms with Crippen LogP contribution in [0.25, 0.3) is 0 Å². The van der Waals surface area contributed by atoms with Gasteiger partial charge in [-0.05, 0) is 25.5 Å². The molecule has 6 heteroatoms. The summed E-state index contributed by atoms with van der Waals surface area (Å²) in [4.78, 5) is 37.4. The zero-order valence-corrected chi connectivity index (χ0v) is 13.9. The predicted octanol–water partition coefficient (Wildman–Crippen LogP) is 2.45. The van der Waals surface area contributed by atoms with Crippen LogP contribution in [0.1, 0.15) is 43.5 Å². The average Bonchev–Trinajstić information content (AvgIpc) is 2.53. The maximum Gasteiger partial charge on any atom is 0.340 e. The van der Waals surface area contributed by atoms with Crippen LogP contribution in [-0.4, -0.2) is 42.9 Å². The third-order valence-corrected chi connectivity index (χ3v) is 3.28. The van der Waals surface area contributed by atoms with E-state index in [9.17, 15) is 14.4 Å². The van der Waals surface area contributed by atoms with Gasteiger partial charge in [-0.1, -0.05) is 25.5 Å². The molecule has 0 atom stereocenters. The van der Waals surface area contributed by atoms with Crippen LogP contribution in [0.3, 0.4) is 0 Å². The second kappa shape index (κ2) is 9.61. The lowest BCUT2D eigenvalue weighted by atomic mass is 10.1. The van der Waals surface area contributed by atoms with Gasteiger partial charge in [0.25, 0.3) is 0 Å². The van der Waals surface area contributed by atoms with Gasteiger partial charge in [0.1, 0.15) is 6.42 Å². The van der Waals surface area contributed by atoms with Crippen molar-refractivity contribution < 1.29 is 19.1 Å². The van der Waals surface area contributed by atoms with Gasteiger partial charge < -0.3 is 15.0 Å². The molecule has 0 bridgehead atoms. The van der Waals surface area contributed by atoms with E-state index in [2.05, 4.69) is 5.32 Å². The molecule has 0 aliphatic rings. The lowest BCUT2D eigenvalue weighted by molar-refractivity contribution is -0.133. The van der Waals surface area contributed by atoms with Gasteiger partial charge in [-0.2, -0.15) is 0 Å². The fraction of sp³-hybridized carbons (Fsp3) is 0.471. The molecule has 126 valence electrons. The minimum atomic E-state index is -0.505. The number of benzene rings is 1. The molecular formula is C17H24N2O4. The Morgan fingerprint density at radius 1 is 1.17 bits per heavy atom. The van der Waals surface area contributed by atoms with Gasteiger partial charge in [-0.3, -0.25) is 9.59 Å². The second-order valence-corrected chi connectivity index (χ2v) is 5.16. The molecule has 2 amide bonds. The van der Waals surface area contributed by atoms with Crippen molar-refractivity contribution in [1.82, 2.24) is 4.90 Å². The van der Waals surface area contributed by atoms with E-state index in [0.29, 0.717) is 12.2 Å². The van der Waals surface area contributed by atoms with Gasteiger partial charge in [0.05, 0.1) is 17.9 Å². The first-order valence-corrected chi connectivity index (χ1v) is 7.79. The van der Waals surface area contributed by atoms with E-state index >= 15 is 0 Å². The largest absolute Gasteiger partial charge is 0.462 e. The van der Waals surface area contributed by atoms with Crippen LogP contribution in [0.5, 0.6) is 0 Å². The molecular weight excluding hydrogens is 296 g/mol. The second-order valence-electron chi connectivity index (χ2n) is 5.16. The maximum atomic E-state index is 12.0. The van der Waals surface area contributed by atoms with Gasteiger partial charge >= 0.3 is 5.97 Å². The highest BCUT2D eigenvalue weighted by Crippen LogP contribution is 2.16. The fourth-order valence-corrected chi connectivity index (χ4v) is 1.97. The van der Waals surface area contributed by atoms with Gasteiger partial charge in [0.2, 0.25) is 11.8 Å². The topological polar surface area (TPSA) is 75.7 Å². The molecule has 23 heavy (non-hydrogen) atoms. The van der Waals surface area contributed by atoms with E-state index < -0.39 is 11.9 Å². The minimum absolute atomic E-state index is 0.246. The highest BCUT2D eigenvalue weighted by Gasteiger charge is 2.17. The fourth-order valence-electron chi connectivity index (χ4n) is 1.97. The third-order valence-electron chi connectivity index (χ3n) is 3.28. The Morgan fingerprint density at radius 2 is 1.87 bits per heavy atom. The third kappa shape index (κ3) is 6.10. The quantitative estimate of drug-likeness (QED) is 0.589. The summed E-state index contributed by atoms with van der Waals surface area (Å²) in [5.74, 6) is -1.20. The number of amides is 2. The summed E-state index contributed by atoms with van der Waals surface area (Å²) >= 11 is 0. The molecule has 1 aromatic carbocycles. The van der Waals surface area contributed by atoms with Crippen LogP contribution in [-0.2, 0) is 14.3 Å². The van der Waals surface area contributed by atoms with E-state index in [1.807, 2.05) is 6.92 Å². The van der Waals surface area contributed by atoms with E-state index in [-0.39, 0.29) is 24.5 Å². The number of ether oxygens (including phenoxy) is 1. The molecule has 0 aliphatic heterocycles. The van der Waals surface area contributed by atoms with Crippen molar-refractivity contribution in [1.29, 1.82) is 0 Å². The number of anilines is 1. The highest BCUT2D eigenvalue weighted by molar-refractivity contribution is 6.06. The number of carbonyl (C=O) groups is 3. The minimum Gasteiger partial charge on any atom is -0.462 e. The maximum absolute atomic E-state index is 12.0. The number of carbonyl (C=O) groups excluding carboxylic acids is 3. The molecule has 0 aliphatic carbocycles. The number of esters is 1. The summed E-state index contributed by atoms with van der Waals surface area (Å²) in [5.41, 5.74) is 0.620. The molecule has 0 unspecified atom stereocenters. The van der Waals surface area contributed by atoms with Crippen LogP contribution >= 0.6 is 0 Å². The van der Waals surface area contributed by atoms with Crippen LogP contribution < -0.4 is 5.32 Å². The Balaban J connectivity index is 2.67. The molecule has 1 aromatic rings. The Bertz CT molecular complexity index is 557. The van der Waals surface area contributed by atoms with Crippen molar-refractivity contribution in [2.45, 2.75) is 33.1 Å². The number of hydrogen-bond donors (Lipinski definition) is 1. The first kappa shape index (κ1) is 18.7. The van der Waals surface area contributed by atoms with Crippen LogP contribution in [0, 0.1) is 0 Å². The summed E-state index contributed by atoms with van der Waals surface area (Å²) in [6, 6.07) is 6.57. The van der Waals surface area contributed by atoms with Crippen molar-refractivity contribution in [3.63, 3.8) is 0 Å². The SMILES string of the molecule is CCCCN(C)C(=O)CC(=O)Nc1ccccc1C(=O)OCC. The predicted molar refractivity (Wildman–Crippen MR) is 88.2 cm³/mol. The Hall–Kier alpha value is -2.37. The molecule has 0 radical (unpaired) electrons. The first-order chi connectivity index (χ1) is 11.0. The molecule has 0 fully saturated rings. The number of unbranched alkanes of at least 4 members (excludes halogenated alkanes) is 1. The van der Waals surface area contributed by atoms with Crippen LogP contribution in [0.4, 0.5) is 5.69 Å². The van der Waals surface area contributed by atoms with Crippen molar-refractivity contribution in [2.24, 2.45) is 0 Å². The number of para-hydroxylation sites is 1. The molecule has 0 aromatic heterocycles. The van der Waals surface area contributed by atoms with E-state index in [4.69, 9.17) is 4.74 Å². The van der Waals surface area contributed by atoms with Crippen LogP contribution in [0.2, 0.25) is 0 Å². The standard InChI is InChI=1S/C17H24N2O4/c1-4-6-11-19(3)16(21)12-15(20)18-14-10-8-7-9-13(14)17(22)23-5-2/h7-10H,4-6,11-12H2,1-3H3,(H,18,20). The molecule has 0 heterocycles. The molecule has 0 saturated heterocycles. The number of rotatable bonds is 8. The molecule has 0 saturated carbocycles. The van der Waals surface area contributed by atoms with Gasteiger partial charge in [-0.25, -0.2) is 4.79 Å². The van der Waals surface area contributed by atoms with Crippen molar-refractivity contribution in [3.8, 4) is 0 Å². The highest BCUT2D eigenvalue weighted by atomic mass is 16.5. The van der Waals surface area contributed by atoms with Gasteiger partial charge in [0.15, 0.2) is 0 Å². The number of nitrogens with one attached hydrogen (secondary N) is 1. The van der Waals surface area contributed by atoms with Gasteiger partial charge in [0, 0.05) is 13.6 Å². The zero-order chi connectivity index (χ0) is 17.2. The molecule has 1 N–H and O–H groups in total. The van der Waals surface area contributed by atoms with E-state index in [1.165, 1.54) is 0 Å². The Labute approximate surface area is 136 Å². The van der Waals surface area contributed by atoms with E-state index in [1.54, 1.807) is 43.1 Å². The monoisotopic (exact) mass is 320 g/mol. The summed E-state index contributed by atoms with van der Waals surface area (Å²) in [7, 11) is 1.68. The number of hydrogen-bond acceptors (Lipinski definition) is 4. The molecule has 0 spiro atoms.